The molecule has 1 aliphatic rings. The molecule has 1 aromatic carbocycles. The highest BCUT2D eigenvalue weighted by Gasteiger charge is 2.30. The summed E-state index contributed by atoms with van der Waals surface area (Å²) in [5, 5.41) is 21.4. The smallest absolute Gasteiger partial charge is 0.326 e. The number of H-pyrrole nitrogens is 1. The Bertz CT molecular complexity index is 1010. The third-order valence-electron chi connectivity index (χ3n) is 5.78. The standard InChI is InChI=1S/C23H31N5O5/c1-13(2)20(28-19(29)12-26-21(30)17-8-5-9-24-17)22(31)27-18(23(32)33)10-14-11-25-16-7-4-3-6-15(14)16/h3-4,6-7,11,13,17-18,20,24-25H,5,8-10,12H2,1-2H3,(H,26,30)(H,27,31)(H,28,29)(H,32,33). The average molecular weight is 458 g/mol. The molecule has 1 aromatic heterocycles. The summed E-state index contributed by atoms with van der Waals surface area (Å²) in [6.07, 6.45) is 3.45. The van der Waals surface area contributed by atoms with Crippen molar-refractivity contribution in [1.82, 2.24) is 26.3 Å². The number of nitrogens with one attached hydrogen (secondary N) is 5. The maximum absolute atomic E-state index is 12.9. The monoisotopic (exact) mass is 457 g/mol. The average Bonchev–Trinajstić information content (AvgIpc) is 3.45. The van der Waals surface area contributed by atoms with Crippen LogP contribution in [0, 0.1) is 5.92 Å². The number of para-hydroxylation sites is 1. The van der Waals surface area contributed by atoms with Crippen molar-refractivity contribution in [2.75, 3.05) is 13.1 Å². The van der Waals surface area contributed by atoms with Crippen LogP contribution in [-0.4, -0.2) is 65.0 Å². The number of aromatic amines is 1. The number of aromatic nitrogens is 1. The van der Waals surface area contributed by atoms with Crippen LogP contribution in [0.2, 0.25) is 0 Å². The number of carboxylic acids is 1. The third kappa shape index (κ3) is 6.32. The Hall–Kier alpha value is -3.40. The van der Waals surface area contributed by atoms with Crippen molar-refractivity contribution in [1.29, 1.82) is 0 Å². The first-order chi connectivity index (χ1) is 15.8. The molecule has 0 radical (unpaired) electrons. The van der Waals surface area contributed by atoms with Gasteiger partial charge in [0.25, 0.3) is 0 Å². The van der Waals surface area contributed by atoms with E-state index in [0.717, 1.165) is 35.9 Å². The van der Waals surface area contributed by atoms with Crippen molar-refractivity contribution >= 4 is 34.6 Å². The second-order valence-electron chi connectivity index (χ2n) is 8.62. The summed E-state index contributed by atoms with van der Waals surface area (Å²) in [6, 6.07) is 5.10. The third-order valence-corrected chi connectivity index (χ3v) is 5.78. The molecule has 3 rings (SSSR count). The summed E-state index contributed by atoms with van der Waals surface area (Å²) in [5.74, 6) is -2.81. The molecule has 1 aliphatic heterocycles. The molecular formula is C23H31N5O5. The van der Waals surface area contributed by atoms with Crippen molar-refractivity contribution in [2.45, 2.75) is 51.2 Å². The second kappa shape index (κ2) is 11.0. The zero-order valence-corrected chi connectivity index (χ0v) is 18.8. The number of carboxylic acid groups (broad SMARTS) is 1. The lowest BCUT2D eigenvalue weighted by Crippen LogP contribution is -2.55. The molecule has 0 spiro atoms. The fourth-order valence-corrected chi connectivity index (χ4v) is 3.94. The van der Waals surface area contributed by atoms with Gasteiger partial charge in [-0.25, -0.2) is 4.79 Å². The second-order valence-corrected chi connectivity index (χ2v) is 8.62. The number of hydrogen-bond acceptors (Lipinski definition) is 5. The maximum atomic E-state index is 12.9. The van der Waals surface area contributed by atoms with Crippen LogP contribution in [-0.2, 0) is 25.6 Å². The minimum atomic E-state index is -1.17. The molecule has 3 atom stereocenters. The Morgan fingerprint density at radius 1 is 1.15 bits per heavy atom. The van der Waals surface area contributed by atoms with Crippen LogP contribution in [0.15, 0.2) is 30.5 Å². The number of benzene rings is 1. The van der Waals surface area contributed by atoms with Gasteiger partial charge in [-0.1, -0.05) is 32.0 Å². The molecule has 2 heterocycles. The zero-order valence-electron chi connectivity index (χ0n) is 18.8. The number of hydrogen-bond donors (Lipinski definition) is 6. The van der Waals surface area contributed by atoms with E-state index in [1.54, 1.807) is 20.0 Å². The van der Waals surface area contributed by atoms with Crippen molar-refractivity contribution in [3.63, 3.8) is 0 Å². The van der Waals surface area contributed by atoms with Gasteiger partial charge in [0.2, 0.25) is 17.7 Å². The number of aliphatic carboxylic acids is 1. The molecule has 3 unspecified atom stereocenters. The van der Waals surface area contributed by atoms with Gasteiger partial charge >= 0.3 is 5.97 Å². The van der Waals surface area contributed by atoms with Crippen LogP contribution in [0.5, 0.6) is 0 Å². The zero-order chi connectivity index (χ0) is 24.0. The van der Waals surface area contributed by atoms with E-state index in [2.05, 4.69) is 26.3 Å². The summed E-state index contributed by atoms with van der Waals surface area (Å²) >= 11 is 0. The Morgan fingerprint density at radius 3 is 2.58 bits per heavy atom. The number of fused-ring (bicyclic) bond motifs is 1. The molecule has 3 amide bonds. The molecule has 6 N–H and O–H groups in total. The fraction of sp³-hybridized carbons (Fsp3) is 0.478. The molecule has 0 saturated carbocycles. The number of rotatable bonds is 10. The van der Waals surface area contributed by atoms with E-state index in [9.17, 15) is 24.3 Å². The van der Waals surface area contributed by atoms with E-state index < -0.39 is 29.9 Å². The Morgan fingerprint density at radius 2 is 1.91 bits per heavy atom. The maximum Gasteiger partial charge on any atom is 0.326 e. The van der Waals surface area contributed by atoms with E-state index in [1.807, 2.05) is 24.3 Å². The molecule has 1 saturated heterocycles. The van der Waals surface area contributed by atoms with E-state index in [1.165, 1.54) is 0 Å². The molecular weight excluding hydrogens is 426 g/mol. The molecule has 10 nitrogen and oxygen atoms in total. The van der Waals surface area contributed by atoms with Gasteiger partial charge in [0.15, 0.2) is 0 Å². The van der Waals surface area contributed by atoms with Crippen LogP contribution < -0.4 is 21.3 Å². The first kappa shape index (κ1) is 24.2. The molecule has 0 aliphatic carbocycles. The lowest BCUT2D eigenvalue weighted by atomic mass is 10.0. The Labute approximate surface area is 191 Å². The summed E-state index contributed by atoms with van der Waals surface area (Å²) < 4.78 is 0. The molecule has 1 fully saturated rings. The van der Waals surface area contributed by atoms with Crippen molar-refractivity contribution in [3.05, 3.63) is 36.0 Å². The minimum absolute atomic E-state index is 0.0916. The van der Waals surface area contributed by atoms with E-state index in [4.69, 9.17) is 0 Å². The lowest BCUT2D eigenvalue weighted by molar-refractivity contribution is -0.142. The SMILES string of the molecule is CC(C)C(NC(=O)CNC(=O)C1CCCN1)C(=O)NC(Cc1c[nH]c2ccccc12)C(=O)O. The van der Waals surface area contributed by atoms with Crippen LogP contribution in [0.4, 0.5) is 0 Å². The van der Waals surface area contributed by atoms with Gasteiger partial charge < -0.3 is 31.4 Å². The number of carbonyl (C=O) groups is 4. The van der Waals surface area contributed by atoms with Gasteiger partial charge in [-0.05, 0) is 36.9 Å². The quantitative estimate of drug-likeness (QED) is 0.302. The molecule has 2 aromatic rings. The van der Waals surface area contributed by atoms with Crippen LogP contribution in [0.25, 0.3) is 10.9 Å². The molecule has 33 heavy (non-hydrogen) atoms. The first-order valence-electron chi connectivity index (χ1n) is 11.1. The van der Waals surface area contributed by atoms with E-state index in [0.29, 0.717) is 0 Å². The summed E-state index contributed by atoms with van der Waals surface area (Å²) in [4.78, 5) is 52.2. The first-order valence-corrected chi connectivity index (χ1v) is 11.1. The predicted molar refractivity (Wildman–Crippen MR) is 122 cm³/mol. The van der Waals surface area contributed by atoms with E-state index in [-0.39, 0.29) is 30.8 Å². The topological polar surface area (TPSA) is 152 Å². The van der Waals surface area contributed by atoms with Crippen LogP contribution in [0.3, 0.4) is 0 Å². The van der Waals surface area contributed by atoms with Gasteiger partial charge in [-0.15, -0.1) is 0 Å². The summed E-state index contributed by atoms with van der Waals surface area (Å²) in [5.41, 5.74) is 1.65. The Kier molecular flexibility index (Phi) is 8.05. The van der Waals surface area contributed by atoms with Gasteiger partial charge in [0.05, 0.1) is 12.6 Å². The number of carbonyl (C=O) groups excluding carboxylic acids is 3. The fourth-order valence-electron chi connectivity index (χ4n) is 3.94. The molecule has 0 bridgehead atoms. The normalized spacial score (nSPS) is 17.5. The molecule has 178 valence electrons. The minimum Gasteiger partial charge on any atom is -0.480 e. The predicted octanol–water partition coefficient (Wildman–Crippen LogP) is 0.289. The Balaban J connectivity index is 1.59. The van der Waals surface area contributed by atoms with Gasteiger partial charge in [0.1, 0.15) is 12.1 Å². The summed E-state index contributed by atoms with van der Waals surface area (Å²) in [6.45, 7) is 4.01. The summed E-state index contributed by atoms with van der Waals surface area (Å²) in [7, 11) is 0. The number of amides is 3. The van der Waals surface area contributed by atoms with Crippen molar-refractivity contribution in [2.24, 2.45) is 5.92 Å². The molecule has 10 heteroatoms. The van der Waals surface area contributed by atoms with Gasteiger partial charge in [-0.2, -0.15) is 0 Å². The highest BCUT2D eigenvalue weighted by atomic mass is 16.4. The van der Waals surface area contributed by atoms with Crippen LogP contribution >= 0.6 is 0 Å². The van der Waals surface area contributed by atoms with Crippen molar-refractivity contribution in [3.8, 4) is 0 Å². The van der Waals surface area contributed by atoms with Gasteiger partial charge in [-0.3, -0.25) is 14.4 Å². The van der Waals surface area contributed by atoms with Crippen LogP contribution in [0.1, 0.15) is 32.3 Å². The lowest BCUT2D eigenvalue weighted by Gasteiger charge is -2.24. The van der Waals surface area contributed by atoms with E-state index >= 15 is 0 Å². The highest BCUT2D eigenvalue weighted by Crippen LogP contribution is 2.19. The van der Waals surface area contributed by atoms with Crippen molar-refractivity contribution < 1.29 is 24.3 Å². The van der Waals surface area contributed by atoms with Gasteiger partial charge in [0, 0.05) is 23.5 Å². The largest absolute Gasteiger partial charge is 0.480 e. The highest BCUT2D eigenvalue weighted by molar-refractivity contribution is 5.93.